The number of thiocarbonyl (C=S) groups is 1. The van der Waals surface area contributed by atoms with Crippen LogP contribution in [0.5, 0.6) is 0 Å². The molecule has 0 spiro atoms. The smallest absolute Gasteiger partial charge is 0.335 e. The molecule has 4 aromatic rings. The quantitative estimate of drug-likeness (QED) is 0.161. The molecule has 0 saturated heterocycles. The van der Waals surface area contributed by atoms with Crippen molar-refractivity contribution in [2.24, 2.45) is 0 Å². The van der Waals surface area contributed by atoms with Crippen molar-refractivity contribution in [1.82, 2.24) is 9.97 Å². The van der Waals surface area contributed by atoms with Crippen molar-refractivity contribution in [2.45, 2.75) is 0 Å². The van der Waals surface area contributed by atoms with E-state index < -0.39 is 5.97 Å². The molecule has 2 aromatic heterocycles. The molecule has 6 nitrogen and oxygen atoms in total. The summed E-state index contributed by atoms with van der Waals surface area (Å²) in [7, 11) is 0. The van der Waals surface area contributed by atoms with Crippen LogP contribution in [0.4, 0.5) is 23.0 Å². The molecule has 0 aliphatic heterocycles. The van der Waals surface area contributed by atoms with Gasteiger partial charge < -0.3 is 5.11 Å². The number of benzene rings is 2. The summed E-state index contributed by atoms with van der Waals surface area (Å²) in [6, 6.07) is 20.5. The first-order valence-corrected chi connectivity index (χ1v) is 14.1. The van der Waals surface area contributed by atoms with Crippen LogP contribution in [-0.4, -0.2) is 26.2 Å². The zero-order chi connectivity index (χ0) is 25.1. The molecule has 11 heteroatoms. The number of aromatic nitrogens is 2. The zero-order valence-electron chi connectivity index (χ0n) is 17.6. The van der Waals surface area contributed by atoms with Gasteiger partial charge in [0, 0.05) is 34.2 Å². The summed E-state index contributed by atoms with van der Waals surface area (Å²) >= 11 is 17.3. The number of carbonyl (C=O) groups is 1. The van der Waals surface area contributed by atoms with Crippen LogP contribution in [0.2, 0.25) is 0 Å². The topological polar surface area (TPSA) is 69.6 Å². The van der Waals surface area contributed by atoms with Crippen molar-refractivity contribution in [3.63, 3.8) is 0 Å². The van der Waals surface area contributed by atoms with Crippen molar-refractivity contribution in [2.75, 3.05) is 9.80 Å². The summed E-state index contributed by atoms with van der Waals surface area (Å²) in [5.41, 5.74) is 1.75. The Kier molecular flexibility index (Phi) is 8.73. The minimum atomic E-state index is -0.992. The molecule has 2 heterocycles. The third-order valence-electron chi connectivity index (χ3n) is 4.77. The van der Waals surface area contributed by atoms with Gasteiger partial charge in [0.1, 0.15) is 11.6 Å². The summed E-state index contributed by atoms with van der Waals surface area (Å²) in [5.74, 6) is 0.210. The first-order valence-electron chi connectivity index (χ1n) is 9.91. The van der Waals surface area contributed by atoms with Gasteiger partial charge >= 0.3 is 5.97 Å². The standard InChI is InChI=1S/C24H14Br2I2N4O2S/c25-15-6-8-20(29-12-15)31(17-4-2-1-3-5-17)24(35)32(21-9-7-16(26)13-30-21)22-18(27)10-14(23(33)34)11-19(22)28/h1-13H,(H,33,34). The molecule has 2 aromatic carbocycles. The Morgan fingerprint density at radius 3 is 1.80 bits per heavy atom. The summed E-state index contributed by atoms with van der Waals surface area (Å²) in [6.07, 6.45) is 3.41. The summed E-state index contributed by atoms with van der Waals surface area (Å²) in [4.78, 5) is 24.6. The molecule has 0 fully saturated rings. The molecule has 0 bridgehead atoms. The number of para-hydroxylation sites is 1. The van der Waals surface area contributed by atoms with Gasteiger partial charge in [-0.25, -0.2) is 14.8 Å². The van der Waals surface area contributed by atoms with E-state index in [-0.39, 0.29) is 5.56 Å². The minimum Gasteiger partial charge on any atom is -0.478 e. The molecular weight excluding hydrogens is 822 g/mol. The fourth-order valence-corrected chi connectivity index (χ4v) is 6.33. The second-order valence-corrected chi connectivity index (χ2v) is 11.6. The predicted molar refractivity (Wildman–Crippen MR) is 166 cm³/mol. The van der Waals surface area contributed by atoms with Gasteiger partial charge in [-0.2, -0.15) is 0 Å². The number of carboxylic acid groups (broad SMARTS) is 1. The van der Waals surface area contributed by atoms with Crippen LogP contribution in [0, 0.1) is 7.14 Å². The largest absolute Gasteiger partial charge is 0.478 e. The number of pyridine rings is 2. The zero-order valence-corrected chi connectivity index (χ0v) is 25.9. The average molecular weight is 836 g/mol. The molecule has 0 amide bonds. The molecular formula is C24H14Br2I2N4O2S. The lowest BCUT2D eigenvalue weighted by molar-refractivity contribution is 0.0696. The van der Waals surface area contributed by atoms with Gasteiger partial charge in [-0.05, 0) is 138 Å². The molecule has 176 valence electrons. The molecule has 0 saturated carbocycles. The van der Waals surface area contributed by atoms with Crippen molar-refractivity contribution >= 4 is 123 Å². The number of nitrogens with zero attached hydrogens (tertiary/aromatic N) is 4. The first kappa shape index (κ1) is 26.4. The molecule has 0 aliphatic carbocycles. The minimum absolute atomic E-state index is 0.201. The average Bonchev–Trinajstić information content (AvgIpc) is 2.84. The third kappa shape index (κ3) is 6.01. The van der Waals surface area contributed by atoms with E-state index >= 15 is 0 Å². The molecule has 1 N–H and O–H groups in total. The van der Waals surface area contributed by atoms with Gasteiger partial charge in [-0.1, -0.05) is 18.2 Å². The number of halogens is 4. The number of carboxylic acids is 1. The fraction of sp³-hybridized carbons (Fsp3) is 0. The number of hydrogen-bond donors (Lipinski definition) is 1. The Bertz CT molecular complexity index is 1370. The maximum absolute atomic E-state index is 11.6. The maximum Gasteiger partial charge on any atom is 0.335 e. The van der Waals surface area contributed by atoms with Crippen LogP contribution in [0.15, 0.2) is 88.1 Å². The van der Waals surface area contributed by atoms with Crippen molar-refractivity contribution < 1.29 is 9.90 Å². The summed E-state index contributed by atoms with van der Waals surface area (Å²) in [5, 5.41) is 9.95. The lowest BCUT2D eigenvalue weighted by Gasteiger charge is -2.33. The van der Waals surface area contributed by atoms with Crippen molar-refractivity contribution in [3.8, 4) is 0 Å². The van der Waals surface area contributed by atoms with E-state index in [9.17, 15) is 9.90 Å². The molecule has 0 unspecified atom stereocenters. The van der Waals surface area contributed by atoms with E-state index in [0.717, 1.165) is 27.5 Å². The van der Waals surface area contributed by atoms with Gasteiger partial charge in [-0.15, -0.1) is 0 Å². The van der Waals surface area contributed by atoms with Crippen LogP contribution >= 0.6 is 89.3 Å². The van der Waals surface area contributed by atoms with Crippen LogP contribution in [-0.2, 0) is 0 Å². The van der Waals surface area contributed by atoms with Crippen molar-refractivity contribution in [1.29, 1.82) is 0 Å². The lowest BCUT2D eigenvalue weighted by atomic mass is 10.2. The Labute approximate surface area is 251 Å². The van der Waals surface area contributed by atoms with E-state index in [0.29, 0.717) is 16.7 Å². The maximum atomic E-state index is 11.6. The van der Waals surface area contributed by atoms with Gasteiger partial charge in [-0.3, -0.25) is 9.80 Å². The van der Waals surface area contributed by atoms with E-state index in [1.807, 2.05) is 64.4 Å². The van der Waals surface area contributed by atoms with Crippen LogP contribution in [0.3, 0.4) is 0 Å². The van der Waals surface area contributed by atoms with Gasteiger partial charge in [0.25, 0.3) is 0 Å². The van der Waals surface area contributed by atoms with Crippen molar-refractivity contribution in [3.05, 3.63) is 101 Å². The monoisotopic (exact) mass is 834 g/mol. The van der Waals surface area contributed by atoms with Gasteiger partial charge in [0.2, 0.25) is 0 Å². The summed E-state index contributed by atoms with van der Waals surface area (Å²) < 4.78 is 3.11. The van der Waals surface area contributed by atoms with Gasteiger partial charge in [0.15, 0.2) is 5.11 Å². The summed E-state index contributed by atoms with van der Waals surface area (Å²) in [6.45, 7) is 0. The third-order valence-corrected chi connectivity index (χ3v) is 7.71. The highest BCUT2D eigenvalue weighted by atomic mass is 127. The Hall–Kier alpha value is -1.68. The van der Waals surface area contributed by atoms with Gasteiger partial charge in [0.05, 0.1) is 11.3 Å². The molecule has 0 aliphatic rings. The molecule has 0 radical (unpaired) electrons. The Balaban J connectivity index is 1.94. The second-order valence-electron chi connectivity index (χ2n) is 7.05. The highest BCUT2D eigenvalue weighted by Gasteiger charge is 2.28. The highest BCUT2D eigenvalue weighted by Crippen LogP contribution is 2.38. The normalized spacial score (nSPS) is 10.6. The van der Waals surface area contributed by atoms with Crippen LogP contribution in [0.25, 0.3) is 0 Å². The van der Waals surface area contributed by atoms with E-state index in [1.54, 1.807) is 24.5 Å². The highest BCUT2D eigenvalue weighted by molar-refractivity contribution is 14.1. The van der Waals surface area contributed by atoms with E-state index in [4.69, 9.17) is 12.2 Å². The Morgan fingerprint density at radius 2 is 1.34 bits per heavy atom. The number of rotatable bonds is 5. The Morgan fingerprint density at radius 1 is 0.829 bits per heavy atom. The number of hydrogen-bond acceptors (Lipinski definition) is 4. The molecule has 35 heavy (non-hydrogen) atoms. The van der Waals surface area contributed by atoms with E-state index in [1.165, 1.54) is 0 Å². The second kappa shape index (κ2) is 11.6. The molecule has 0 atom stereocenters. The van der Waals surface area contributed by atoms with Crippen LogP contribution < -0.4 is 9.80 Å². The predicted octanol–water partition coefficient (Wildman–Crippen LogP) is 8.17. The number of anilines is 4. The number of aromatic carboxylic acids is 1. The molecule has 4 rings (SSSR count). The fourth-order valence-electron chi connectivity index (χ4n) is 3.23. The van der Waals surface area contributed by atoms with E-state index in [2.05, 4.69) is 87.0 Å². The first-order chi connectivity index (χ1) is 16.8. The SMILES string of the molecule is O=C(O)c1cc(I)c(N(C(=S)N(c2ccccc2)c2ccc(Br)cn2)c2ccc(Br)cn2)c(I)c1. The lowest BCUT2D eigenvalue weighted by Crippen LogP contribution is -2.39. The van der Waals surface area contributed by atoms with Crippen LogP contribution in [0.1, 0.15) is 10.4 Å².